The minimum atomic E-state index is -1.80. The first kappa shape index (κ1) is 19.7. The van der Waals surface area contributed by atoms with Crippen LogP contribution in [0.15, 0.2) is 18.2 Å². The van der Waals surface area contributed by atoms with Crippen LogP contribution in [0.1, 0.15) is 48.2 Å². The Bertz CT molecular complexity index is 677. The first-order valence-corrected chi connectivity index (χ1v) is 10.9. The number of benzene rings is 1. The standard InChI is InChI=1S/C20H30N2O3S/c1-15(2)11-21-8-3-4-19(13-21)20(23)17-5-6-18-12-22(14-26(24)25)9-7-16(18)10-17/h5-6,10,15,19H,3-4,7-9,11-14H2,1-2H3,(H,24,25). The fraction of sp³-hybridized carbons (Fsp3) is 0.650. The molecule has 1 saturated heterocycles. The molecule has 1 aromatic rings. The molecule has 1 fully saturated rings. The molecule has 6 heteroatoms. The number of piperidine rings is 1. The second kappa shape index (κ2) is 8.74. The Hall–Kier alpha value is -1.08. The lowest BCUT2D eigenvalue weighted by atomic mass is 9.87. The molecule has 0 saturated carbocycles. The predicted molar refractivity (Wildman–Crippen MR) is 105 cm³/mol. The van der Waals surface area contributed by atoms with E-state index >= 15 is 0 Å². The molecule has 0 spiro atoms. The number of Topliss-reactive ketones (excluding diaryl/α,β-unsaturated/α-hetero) is 1. The number of carbonyl (C=O) groups is 1. The van der Waals surface area contributed by atoms with Gasteiger partial charge >= 0.3 is 0 Å². The van der Waals surface area contributed by atoms with Gasteiger partial charge in [-0.25, -0.2) is 4.21 Å². The molecule has 0 amide bonds. The van der Waals surface area contributed by atoms with E-state index in [-0.39, 0.29) is 17.6 Å². The highest BCUT2D eigenvalue weighted by atomic mass is 32.2. The van der Waals surface area contributed by atoms with Gasteiger partial charge in [-0.1, -0.05) is 26.0 Å². The smallest absolute Gasteiger partial charge is 0.167 e. The Labute approximate surface area is 159 Å². The van der Waals surface area contributed by atoms with Crippen LogP contribution in [-0.2, 0) is 24.0 Å². The zero-order chi connectivity index (χ0) is 18.7. The molecule has 2 atom stereocenters. The SMILES string of the molecule is CC(C)CN1CCCC(C(=O)c2ccc3c(c2)CCN(CS(=O)O)C3)C1. The van der Waals surface area contributed by atoms with E-state index in [0.29, 0.717) is 12.5 Å². The van der Waals surface area contributed by atoms with Crippen LogP contribution in [0.4, 0.5) is 0 Å². The van der Waals surface area contributed by atoms with E-state index in [1.165, 1.54) is 11.1 Å². The highest BCUT2D eigenvalue weighted by Crippen LogP contribution is 2.25. The van der Waals surface area contributed by atoms with Crippen molar-refractivity contribution in [2.24, 2.45) is 11.8 Å². The number of hydrogen-bond donors (Lipinski definition) is 1. The zero-order valence-electron chi connectivity index (χ0n) is 15.8. The van der Waals surface area contributed by atoms with E-state index < -0.39 is 11.1 Å². The maximum atomic E-state index is 13.0. The fourth-order valence-corrected chi connectivity index (χ4v) is 4.75. The van der Waals surface area contributed by atoms with Gasteiger partial charge in [-0.2, -0.15) is 0 Å². The molecule has 1 aromatic carbocycles. The Morgan fingerprint density at radius 2 is 2.08 bits per heavy atom. The second-order valence-electron chi connectivity index (χ2n) is 8.09. The van der Waals surface area contributed by atoms with Crippen LogP contribution in [-0.4, -0.2) is 56.4 Å². The summed E-state index contributed by atoms with van der Waals surface area (Å²) in [6.45, 7) is 8.95. The molecule has 26 heavy (non-hydrogen) atoms. The average molecular weight is 379 g/mol. The Morgan fingerprint density at radius 3 is 2.81 bits per heavy atom. The lowest BCUT2D eigenvalue weighted by Gasteiger charge is -2.33. The van der Waals surface area contributed by atoms with Crippen molar-refractivity contribution in [3.63, 3.8) is 0 Å². The molecular formula is C20H30N2O3S. The van der Waals surface area contributed by atoms with Crippen molar-refractivity contribution < 1.29 is 13.6 Å². The van der Waals surface area contributed by atoms with E-state index in [0.717, 1.165) is 51.0 Å². The number of rotatable bonds is 6. The molecular weight excluding hydrogens is 348 g/mol. The van der Waals surface area contributed by atoms with Crippen LogP contribution in [0.5, 0.6) is 0 Å². The van der Waals surface area contributed by atoms with Gasteiger partial charge in [0.2, 0.25) is 0 Å². The van der Waals surface area contributed by atoms with Gasteiger partial charge in [0.05, 0.1) is 0 Å². The maximum absolute atomic E-state index is 13.0. The topological polar surface area (TPSA) is 60.9 Å². The van der Waals surface area contributed by atoms with Crippen LogP contribution >= 0.6 is 0 Å². The first-order chi connectivity index (χ1) is 12.4. The lowest BCUT2D eigenvalue weighted by Crippen LogP contribution is -2.40. The molecule has 2 heterocycles. The van der Waals surface area contributed by atoms with Crippen molar-refractivity contribution >= 4 is 16.9 Å². The number of fused-ring (bicyclic) bond motifs is 1. The lowest BCUT2D eigenvalue weighted by molar-refractivity contribution is 0.0806. The number of hydrogen-bond acceptors (Lipinski definition) is 4. The van der Waals surface area contributed by atoms with Crippen molar-refractivity contribution in [3.05, 3.63) is 34.9 Å². The van der Waals surface area contributed by atoms with E-state index in [1.54, 1.807) is 0 Å². The number of ketones is 1. The van der Waals surface area contributed by atoms with Crippen molar-refractivity contribution in [2.45, 2.75) is 39.7 Å². The summed E-state index contributed by atoms with van der Waals surface area (Å²) >= 11 is -1.80. The van der Waals surface area contributed by atoms with Gasteiger partial charge in [0, 0.05) is 37.7 Å². The minimum Gasteiger partial charge on any atom is -0.305 e. The third-order valence-electron chi connectivity index (χ3n) is 5.37. The van der Waals surface area contributed by atoms with Gasteiger partial charge < -0.3 is 9.45 Å². The number of likely N-dealkylation sites (tertiary alicyclic amines) is 1. The molecule has 0 aliphatic carbocycles. The van der Waals surface area contributed by atoms with Gasteiger partial charge in [0.1, 0.15) is 5.88 Å². The molecule has 144 valence electrons. The maximum Gasteiger partial charge on any atom is 0.167 e. The largest absolute Gasteiger partial charge is 0.305 e. The monoisotopic (exact) mass is 378 g/mol. The van der Waals surface area contributed by atoms with Gasteiger partial charge in [0.15, 0.2) is 16.9 Å². The van der Waals surface area contributed by atoms with Crippen LogP contribution in [0.2, 0.25) is 0 Å². The summed E-state index contributed by atoms with van der Waals surface area (Å²) in [6.07, 6.45) is 2.92. The summed E-state index contributed by atoms with van der Waals surface area (Å²) in [7, 11) is 0. The van der Waals surface area contributed by atoms with E-state index in [2.05, 4.69) is 24.8 Å². The van der Waals surface area contributed by atoms with Crippen molar-refractivity contribution in [1.82, 2.24) is 9.80 Å². The zero-order valence-corrected chi connectivity index (χ0v) is 16.6. The predicted octanol–water partition coefficient (Wildman–Crippen LogP) is 2.77. The van der Waals surface area contributed by atoms with Crippen molar-refractivity contribution in [3.8, 4) is 0 Å². The molecule has 1 N–H and O–H groups in total. The van der Waals surface area contributed by atoms with Crippen LogP contribution < -0.4 is 0 Å². The van der Waals surface area contributed by atoms with E-state index in [9.17, 15) is 9.00 Å². The summed E-state index contributed by atoms with van der Waals surface area (Å²) in [6, 6.07) is 6.04. The van der Waals surface area contributed by atoms with Crippen molar-refractivity contribution in [2.75, 3.05) is 32.1 Å². The van der Waals surface area contributed by atoms with E-state index in [4.69, 9.17) is 4.55 Å². The average Bonchev–Trinajstić information content (AvgIpc) is 2.60. The Kier molecular flexibility index (Phi) is 6.61. The Balaban J connectivity index is 1.66. The molecule has 3 rings (SSSR count). The first-order valence-electron chi connectivity index (χ1n) is 9.60. The van der Waals surface area contributed by atoms with Crippen LogP contribution in [0.25, 0.3) is 0 Å². The number of carbonyl (C=O) groups excluding carboxylic acids is 1. The quantitative estimate of drug-likeness (QED) is 0.609. The van der Waals surface area contributed by atoms with Gasteiger partial charge in [0.25, 0.3) is 0 Å². The summed E-state index contributed by atoms with van der Waals surface area (Å²) < 4.78 is 20.1. The third-order valence-corrected chi connectivity index (χ3v) is 5.96. The highest BCUT2D eigenvalue weighted by molar-refractivity contribution is 7.79. The second-order valence-corrected chi connectivity index (χ2v) is 8.99. The molecule has 0 aromatic heterocycles. The summed E-state index contributed by atoms with van der Waals surface area (Å²) in [5, 5.41) is 0. The number of nitrogens with zero attached hydrogens (tertiary/aromatic N) is 2. The molecule has 0 radical (unpaired) electrons. The summed E-state index contributed by atoms with van der Waals surface area (Å²) in [5.74, 6) is 1.20. The van der Waals surface area contributed by atoms with E-state index in [1.807, 2.05) is 17.0 Å². The normalized spacial score (nSPS) is 23.0. The fourth-order valence-electron chi connectivity index (χ4n) is 4.22. The van der Waals surface area contributed by atoms with Gasteiger partial charge in [-0.05, 0) is 48.9 Å². The molecule has 5 nitrogen and oxygen atoms in total. The summed E-state index contributed by atoms with van der Waals surface area (Å²) in [4.78, 5) is 17.4. The minimum absolute atomic E-state index is 0.109. The highest BCUT2D eigenvalue weighted by Gasteiger charge is 2.27. The van der Waals surface area contributed by atoms with Gasteiger partial charge in [-0.3, -0.25) is 9.69 Å². The van der Waals surface area contributed by atoms with Gasteiger partial charge in [-0.15, -0.1) is 0 Å². The van der Waals surface area contributed by atoms with Crippen molar-refractivity contribution in [1.29, 1.82) is 0 Å². The van der Waals surface area contributed by atoms with Crippen LogP contribution in [0, 0.1) is 11.8 Å². The molecule has 2 unspecified atom stereocenters. The molecule has 0 bridgehead atoms. The Morgan fingerprint density at radius 1 is 1.27 bits per heavy atom. The summed E-state index contributed by atoms with van der Waals surface area (Å²) in [5.41, 5.74) is 3.22. The third kappa shape index (κ3) is 5.00. The molecule has 2 aliphatic heterocycles. The van der Waals surface area contributed by atoms with Crippen LogP contribution in [0.3, 0.4) is 0 Å². The molecule has 2 aliphatic rings.